The van der Waals surface area contributed by atoms with Crippen molar-refractivity contribution < 1.29 is 9.53 Å². The molecule has 3 heteroatoms. The summed E-state index contributed by atoms with van der Waals surface area (Å²) in [7, 11) is 0. The van der Waals surface area contributed by atoms with Crippen LogP contribution in [0.25, 0.3) is 0 Å². The number of carbonyl (C=O) groups is 1. The van der Waals surface area contributed by atoms with Gasteiger partial charge in [-0.25, -0.2) is 0 Å². The van der Waals surface area contributed by atoms with Crippen LogP contribution in [0.5, 0.6) is 0 Å². The van der Waals surface area contributed by atoms with Gasteiger partial charge in [0.25, 0.3) is 0 Å². The molecule has 0 amide bonds. The molecule has 1 atom stereocenters. The second-order valence-electron chi connectivity index (χ2n) is 2.55. The van der Waals surface area contributed by atoms with Crippen molar-refractivity contribution in [2.24, 2.45) is 0 Å². The van der Waals surface area contributed by atoms with Gasteiger partial charge in [-0.05, 0) is 25.8 Å². The van der Waals surface area contributed by atoms with Crippen LogP contribution in [0.15, 0.2) is 0 Å². The van der Waals surface area contributed by atoms with E-state index in [4.69, 9.17) is 4.74 Å². The van der Waals surface area contributed by atoms with Gasteiger partial charge in [-0.15, -0.1) is 0 Å². The van der Waals surface area contributed by atoms with Crippen molar-refractivity contribution in [1.29, 1.82) is 0 Å². The first-order valence-corrected chi connectivity index (χ1v) is 3.69. The second-order valence-corrected chi connectivity index (χ2v) is 2.55. The van der Waals surface area contributed by atoms with Gasteiger partial charge in [0.1, 0.15) is 0 Å². The smallest absolute Gasteiger partial charge is 0.304 e. The van der Waals surface area contributed by atoms with Crippen molar-refractivity contribution in [3.63, 3.8) is 0 Å². The minimum absolute atomic E-state index is 0.0220. The third-order valence-corrected chi connectivity index (χ3v) is 1.57. The number of nitrogens with one attached hydrogen (secondary N) is 1. The lowest BCUT2D eigenvalue weighted by atomic mass is 10.1. The van der Waals surface area contributed by atoms with Crippen molar-refractivity contribution in [2.45, 2.75) is 32.4 Å². The minimum Gasteiger partial charge on any atom is -0.447 e. The molecule has 0 aromatic carbocycles. The largest absolute Gasteiger partial charge is 0.447 e. The zero-order chi connectivity index (χ0) is 7.40. The zero-order valence-corrected chi connectivity index (χ0v) is 6.22. The molecule has 0 radical (unpaired) electrons. The van der Waals surface area contributed by atoms with E-state index in [1.165, 1.54) is 13.3 Å². The van der Waals surface area contributed by atoms with E-state index in [1.807, 2.05) is 0 Å². The first-order chi connectivity index (χ1) is 4.79. The molecular weight excluding hydrogens is 130 g/mol. The summed E-state index contributed by atoms with van der Waals surface area (Å²) in [6.07, 6.45) is 3.29. The molecule has 1 heterocycles. The van der Waals surface area contributed by atoms with Crippen LogP contribution < -0.4 is 5.32 Å². The standard InChI is InChI=1S/C7H13NO2/c1-6(9)10-7-4-2-3-5-8-7/h7-8H,2-5H2,1H3. The highest BCUT2D eigenvalue weighted by molar-refractivity contribution is 5.66. The highest BCUT2D eigenvalue weighted by atomic mass is 16.6. The van der Waals surface area contributed by atoms with Gasteiger partial charge in [0.15, 0.2) is 6.23 Å². The molecule has 1 fully saturated rings. The molecule has 3 nitrogen and oxygen atoms in total. The average molecular weight is 143 g/mol. The molecule has 0 bridgehead atoms. The molecule has 1 aliphatic heterocycles. The predicted octanol–water partition coefficient (Wildman–Crippen LogP) is 0.649. The Morgan fingerprint density at radius 3 is 2.90 bits per heavy atom. The quantitative estimate of drug-likeness (QED) is 0.548. The third-order valence-electron chi connectivity index (χ3n) is 1.57. The Kier molecular flexibility index (Phi) is 2.68. The fourth-order valence-electron chi connectivity index (χ4n) is 1.12. The highest BCUT2D eigenvalue weighted by Gasteiger charge is 2.13. The van der Waals surface area contributed by atoms with E-state index >= 15 is 0 Å². The van der Waals surface area contributed by atoms with E-state index in [0.29, 0.717) is 0 Å². The predicted molar refractivity (Wildman–Crippen MR) is 37.4 cm³/mol. The van der Waals surface area contributed by atoms with Gasteiger partial charge < -0.3 is 4.74 Å². The lowest BCUT2D eigenvalue weighted by Crippen LogP contribution is -2.37. The van der Waals surface area contributed by atoms with Crippen molar-refractivity contribution in [3.05, 3.63) is 0 Å². The summed E-state index contributed by atoms with van der Waals surface area (Å²) in [6.45, 7) is 2.41. The molecule has 1 unspecified atom stereocenters. The van der Waals surface area contributed by atoms with Crippen LogP contribution in [0.1, 0.15) is 26.2 Å². The number of ether oxygens (including phenoxy) is 1. The first kappa shape index (κ1) is 7.54. The number of piperidine rings is 1. The van der Waals surface area contributed by atoms with E-state index in [-0.39, 0.29) is 12.2 Å². The second kappa shape index (κ2) is 3.56. The highest BCUT2D eigenvalue weighted by Crippen LogP contribution is 2.07. The molecule has 1 N–H and O–H groups in total. The van der Waals surface area contributed by atoms with Crippen LogP contribution >= 0.6 is 0 Å². The minimum atomic E-state index is -0.195. The topological polar surface area (TPSA) is 38.3 Å². The van der Waals surface area contributed by atoms with Crippen molar-refractivity contribution in [1.82, 2.24) is 5.32 Å². The molecule has 10 heavy (non-hydrogen) atoms. The Morgan fingerprint density at radius 1 is 1.60 bits per heavy atom. The molecule has 0 aromatic rings. The van der Waals surface area contributed by atoms with E-state index in [0.717, 1.165) is 19.4 Å². The summed E-state index contributed by atoms with van der Waals surface area (Å²) < 4.78 is 4.94. The Bertz CT molecular complexity index is 119. The van der Waals surface area contributed by atoms with Gasteiger partial charge >= 0.3 is 5.97 Å². The molecule has 1 saturated heterocycles. The summed E-state index contributed by atoms with van der Waals surface area (Å²) in [5.74, 6) is -0.195. The SMILES string of the molecule is CC(=O)OC1CCCCN1. The van der Waals surface area contributed by atoms with Gasteiger partial charge in [-0.3, -0.25) is 10.1 Å². The van der Waals surface area contributed by atoms with Gasteiger partial charge in [-0.2, -0.15) is 0 Å². The molecule has 1 rings (SSSR count). The van der Waals surface area contributed by atoms with Crippen LogP contribution in [-0.4, -0.2) is 18.7 Å². The Morgan fingerprint density at radius 2 is 2.40 bits per heavy atom. The number of esters is 1. The molecule has 1 aliphatic rings. The van der Waals surface area contributed by atoms with Crippen LogP contribution in [0.2, 0.25) is 0 Å². The van der Waals surface area contributed by atoms with Crippen LogP contribution in [0.4, 0.5) is 0 Å². The van der Waals surface area contributed by atoms with Gasteiger partial charge in [0, 0.05) is 6.92 Å². The Hall–Kier alpha value is -0.570. The van der Waals surface area contributed by atoms with E-state index < -0.39 is 0 Å². The summed E-state index contributed by atoms with van der Waals surface area (Å²) in [5.41, 5.74) is 0. The zero-order valence-electron chi connectivity index (χ0n) is 6.22. The van der Waals surface area contributed by atoms with E-state index in [2.05, 4.69) is 5.32 Å². The number of rotatable bonds is 1. The van der Waals surface area contributed by atoms with Gasteiger partial charge in [0.05, 0.1) is 0 Å². The third kappa shape index (κ3) is 2.35. The van der Waals surface area contributed by atoms with E-state index in [9.17, 15) is 4.79 Å². The Balaban J connectivity index is 2.19. The summed E-state index contributed by atoms with van der Waals surface area (Å²) in [6, 6.07) is 0. The fraction of sp³-hybridized carbons (Fsp3) is 0.857. The average Bonchev–Trinajstić information content (AvgIpc) is 1.88. The van der Waals surface area contributed by atoms with Crippen LogP contribution in [0.3, 0.4) is 0 Å². The van der Waals surface area contributed by atoms with E-state index in [1.54, 1.807) is 0 Å². The monoisotopic (exact) mass is 143 g/mol. The molecular formula is C7H13NO2. The number of carbonyl (C=O) groups excluding carboxylic acids is 1. The maximum atomic E-state index is 10.4. The fourth-order valence-corrected chi connectivity index (χ4v) is 1.12. The maximum Gasteiger partial charge on any atom is 0.304 e. The van der Waals surface area contributed by atoms with Crippen LogP contribution in [-0.2, 0) is 9.53 Å². The lowest BCUT2D eigenvalue weighted by Gasteiger charge is -2.22. The first-order valence-electron chi connectivity index (χ1n) is 3.69. The molecule has 58 valence electrons. The summed E-state index contributed by atoms with van der Waals surface area (Å²) >= 11 is 0. The number of hydrogen-bond acceptors (Lipinski definition) is 3. The summed E-state index contributed by atoms with van der Waals surface area (Å²) in [4.78, 5) is 10.4. The van der Waals surface area contributed by atoms with Crippen molar-refractivity contribution >= 4 is 5.97 Å². The maximum absolute atomic E-state index is 10.4. The van der Waals surface area contributed by atoms with Crippen LogP contribution in [0, 0.1) is 0 Å². The van der Waals surface area contributed by atoms with Crippen molar-refractivity contribution in [3.8, 4) is 0 Å². The number of hydrogen-bond donors (Lipinski definition) is 1. The summed E-state index contributed by atoms with van der Waals surface area (Å²) in [5, 5.41) is 3.11. The molecule has 0 aliphatic carbocycles. The Labute approximate surface area is 60.7 Å². The molecule has 0 spiro atoms. The van der Waals surface area contributed by atoms with Gasteiger partial charge in [-0.1, -0.05) is 0 Å². The lowest BCUT2D eigenvalue weighted by molar-refractivity contribution is -0.149. The van der Waals surface area contributed by atoms with Crippen molar-refractivity contribution in [2.75, 3.05) is 6.54 Å². The normalized spacial score (nSPS) is 25.9. The van der Waals surface area contributed by atoms with Gasteiger partial charge in [0.2, 0.25) is 0 Å². The molecule has 0 aromatic heterocycles. The molecule has 0 saturated carbocycles.